The van der Waals surface area contributed by atoms with Gasteiger partial charge >= 0.3 is 6.18 Å². The van der Waals surface area contributed by atoms with Gasteiger partial charge in [-0.1, -0.05) is 6.07 Å². The highest BCUT2D eigenvalue weighted by molar-refractivity contribution is 7.89. The zero-order valence-electron chi connectivity index (χ0n) is 23.2. The predicted octanol–water partition coefficient (Wildman–Crippen LogP) is 5.41. The van der Waals surface area contributed by atoms with E-state index in [2.05, 4.69) is 15.2 Å². The van der Waals surface area contributed by atoms with Gasteiger partial charge in [0.1, 0.15) is 22.2 Å². The molecule has 1 fully saturated rings. The number of hydrogen-bond acceptors (Lipinski definition) is 9. The molecule has 43 heavy (non-hydrogen) atoms. The van der Waals surface area contributed by atoms with Crippen molar-refractivity contribution in [2.75, 3.05) is 6.54 Å². The number of piperidine rings is 1. The highest BCUT2D eigenvalue weighted by atomic mass is 32.2. The van der Waals surface area contributed by atoms with Crippen molar-refractivity contribution in [3.8, 4) is 21.3 Å². The molecule has 4 rings (SSSR count). The molecule has 2 N–H and O–H groups in total. The lowest BCUT2D eigenvalue weighted by Crippen LogP contribution is -2.43. The number of nitrogens with zero attached hydrogens (tertiary/aromatic N) is 4. The lowest BCUT2D eigenvalue weighted by molar-refractivity contribution is -0.147. The van der Waals surface area contributed by atoms with Gasteiger partial charge in [-0.15, -0.1) is 21.5 Å². The molecule has 236 valence electrons. The van der Waals surface area contributed by atoms with Crippen molar-refractivity contribution in [3.63, 3.8) is 0 Å². The Morgan fingerprint density at radius 3 is 2.44 bits per heavy atom. The molecule has 1 amide bonds. The van der Waals surface area contributed by atoms with Gasteiger partial charge in [0.05, 0.1) is 10.4 Å². The molecular weight excluding hydrogens is 628 g/mol. The number of nitrogens with one attached hydrogen (secondary N) is 1. The first kappa shape index (κ1) is 32.8. The number of alkyl halides is 5. The lowest BCUT2D eigenvalue weighted by Gasteiger charge is -2.33. The smallest absolute Gasteiger partial charge is 0.404 e. The zero-order valence-corrected chi connectivity index (χ0v) is 24.8. The molecule has 1 aromatic carbocycles. The highest BCUT2D eigenvalue weighted by Crippen LogP contribution is 2.43. The van der Waals surface area contributed by atoms with E-state index in [4.69, 9.17) is 4.42 Å². The second-order valence-electron chi connectivity index (χ2n) is 10.5. The number of sulfonamides is 1. The number of aromatic nitrogens is 3. The third-order valence-electron chi connectivity index (χ3n) is 6.74. The average Bonchev–Trinajstić information content (AvgIpc) is 3.55. The van der Waals surface area contributed by atoms with Crippen LogP contribution in [0.15, 0.2) is 21.4 Å². The van der Waals surface area contributed by atoms with Crippen LogP contribution in [0.2, 0.25) is 0 Å². The molecule has 0 aliphatic carbocycles. The van der Waals surface area contributed by atoms with Gasteiger partial charge in [0, 0.05) is 18.2 Å². The minimum absolute atomic E-state index is 0.135. The standard InChI is InChI=1S/C25H27F6N5O5S2/c1-11-7-5-6-10-36(11)22(37)17-18(42-21(32-17)20-33-34-23(41-20)24(3,4)38)13-8-9-14(16(26)15(13)19(27)28)43(39,40)35-12(2)25(29,30)31/h8-9,11-12,19,35,38H,5-7,10H2,1-4H3/t11-,12-/m0/s1. The van der Waals surface area contributed by atoms with E-state index in [1.807, 2.05) is 0 Å². The minimum Gasteiger partial charge on any atom is -0.415 e. The molecule has 0 saturated carbocycles. The van der Waals surface area contributed by atoms with Crippen LogP contribution >= 0.6 is 11.3 Å². The summed E-state index contributed by atoms with van der Waals surface area (Å²) >= 11 is 0.601. The van der Waals surface area contributed by atoms with Gasteiger partial charge in [0.25, 0.3) is 18.2 Å². The molecule has 3 aromatic rings. The normalized spacial score (nSPS) is 17.5. The van der Waals surface area contributed by atoms with E-state index >= 15 is 4.39 Å². The Balaban J connectivity index is 1.90. The third-order valence-corrected chi connectivity index (χ3v) is 9.38. The Morgan fingerprint density at radius 1 is 1.21 bits per heavy atom. The molecule has 1 saturated heterocycles. The second kappa shape index (κ2) is 11.8. The Morgan fingerprint density at radius 2 is 1.88 bits per heavy atom. The summed E-state index contributed by atoms with van der Waals surface area (Å²) in [6.07, 6.45) is -6.52. The van der Waals surface area contributed by atoms with Crippen LogP contribution in [0.25, 0.3) is 21.3 Å². The van der Waals surface area contributed by atoms with Crippen LogP contribution in [-0.4, -0.2) is 64.3 Å². The fraction of sp³-hybridized carbons (Fsp3) is 0.520. The van der Waals surface area contributed by atoms with Crippen LogP contribution in [0.1, 0.15) is 75.3 Å². The van der Waals surface area contributed by atoms with Crippen molar-refractivity contribution in [1.29, 1.82) is 0 Å². The van der Waals surface area contributed by atoms with Crippen molar-refractivity contribution < 1.29 is 49.1 Å². The average molecular weight is 656 g/mol. The number of benzene rings is 1. The van der Waals surface area contributed by atoms with E-state index < -0.39 is 62.0 Å². The number of aliphatic hydroxyl groups is 1. The van der Waals surface area contributed by atoms with Gasteiger partial charge in [-0.25, -0.2) is 26.6 Å². The molecule has 2 atom stereocenters. The number of carbonyl (C=O) groups is 1. The van der Waals surface area contributed by atoms with Gasteiger partial charge < -0.3 is 14.4 Å². The number of carbonyl (C=O) groups excluding carboxylic acids is 1. The fourth-order valence-electron chi connectivity index (χ4n) is 4.39. The maximum atomic E-state index is 15.6. The van der Waals surface area contributed by atoms with Gasteiger partial charge in [0.2, 0.25) is 15.9 Å². The largest absolute Gasteiger partial charge is 0.415 e. The molecule has 0 bridgehead atoms. The molecule has 1 aliphatic heterocycles. The first-order valence-corrected chi connectivity index (χ1v) is 15.2. The quantitative estimate of drug-likeness (QED) is 0.308. The van der Waals surface area contributed by atoms with E-state index in [0.717, 1.165) is 12.5 Å². The molecule has 1 aliphatic rings. The lowest BCUT2D eigenvalue weighted by atomic mass is 10.0. The van der Waals surface area contributed by atoms with E-state index in [1.165, 1.54) is 23.5 Å². The number of halogens is 6. The Labute approximate surface area is 246 Å². The van der Waals surface area contributed by atoms with E-state index in [0.29, 0.717) is 43.7 Å². The van der Waals surface area contributed by atoms with Crippen molar-refractivity contribution in [2.24, 2.45) is 0 Å². The molecule has 18 heteroatoms. The first-order valence-electron chi connectivity index (χ1n) is 12.9. The van der Waals surface area contributed by atoms with Crippen molar-refractivity contribution in [2.45, 2.75) is 82.1 Å². The summed E-state index contributed by atoms with van der Waals surface area (Å²) in [4.78, 5) is 17.7. The monoisotopic (exact) mass is 655 g/mol. The van der Waals surface area contributed by atoms with Crippen LogP contribution in [0, 0.1) is 5.82 Å². The maximum Gasteiger partial charge on any atom is 0.404 e. The number of thiazole rings is 1. The summed E-state index contributed by atoms with van der Waals surface area (Å²) < 4.78 is 115. The van der Waals surface area contributed by atoms with Crippen LogP contribution in [0.3, 0.4) is 0 Å². The van der Waals surface area contributed by atoms with Crippen LogP contribution in [0.4, 0.5) is 26.3 Å². The van der Waals surface area contributed by atoms with Crippen LogP contribution in [0.5, 0.6) is 0 Å². The highest BCUT2D eigenvalue weighted by Gasteiger charge is 2.41. The Bertz CT molecular complexity index is 1620. The summed E-state index contributed by atoms with van der Waals surface area (Å²) in [6, 6.07) is -1.57. The minimum atomic E-state index is -5.25. The van der Waals surface area contributed by atoms with E-state index in [9.17, 15) is 40.3 Å². The number of likely N-dealkylation sites (tertiary alicyclic amines) is 1. The van der Waals surface area contributed by atoms with Crippen LogP contribution < -0.4 is 4.72 Å². The molecular formula is C25H27F6N5O5S2. The van der Waals surface area contributed by atoms with Gasteiger partial charge in [-0.2, -0.15) is 17.9 Å². The van der Waals surface area contributed by atoms with Crippen molar-refractivity contribution >= 4 is 27.3 Å². The zero-order chi connectivity index (χ0) is 32.1. The van der Waals surface area contributed by atoms with Gasteiger partial charge in [-0.05, 0) is 53.0 Å². The fourth-order valence-corrected chi connectivity index (χ4v) is 6.72. The van der Waals surface area contributed by atoms with E-state index in [1.54, 1.807) is 6.92 Å². The van der Waals surface area contributed by atoms with Crippen molar-refractivity contribution in [1.82, 2.24) is 24.8 Å². The maximum absolute atomic E-state index is 15.6. The van der Waals surface area contributed by atoms with Crippen LogP contribution in [-0.2, 0) is 15.6 Å². The predicted molar refractivity (Wildman–Crippen MR) is 141 cm³/mol. The first-order chi connectivity index (χ1) is 19.8. The molecule has 0 spiro atoms. The SMILES string of the molecule is C[C@H](NS(=O)(=O)c1ccc(-c2sc(-c3nnc(C(C)(C)O)o3)nc2C(=O)N2CCCC[C@@H]2C)c(C(F)F)c1F)C(F)(F)F. The van der Waals surface area contributed by atoms with E-state index in [-0.39, 0.29) is 33.4 Å². The Hall–Kier alpha value is -3.09. The molecule has 2 aromatic heterocycles. The molecule has 0 unspecified atom stereocenters. The van der Waals surface area contributed by atoms with Crippen molar-refractivity contribution in [3.05, 3.63) is 35.1 Å². The number of amides is 1. The molecule has 0 radical (unpaired) electrons. The summed E-state index contributed by atoms with van der Waals surface area (Å²) in [5, 5.41) is 17.6. The Kier molecular flexibility index (Phi) is 8.99. The summed E-state index contributed by atoms with van der Waals surface area (Å²) in [6.45, 7) is 5.31. The number of rotatable bonds is 8. The van der Waals surface area contributed by atoms with Gasteiger partial charge in [0.15, 0.2) is 10.8 Å². The summed E-state index contributed by atoms with van der Waals surface area (Å²) in [7, 11) is -5.25. The summed E-state index contributed by atoms with van der Waals surface area (Å²) in [5.74, 6) is -3.16. The second-order valence-corrected chi connectivity index (χ2v) is 13.2. The number of hydrogen-bond donors (Lipinski definition) is 2. The topological polar surface area (TPSA) is 139 Å². The molecule has 3 heterocycles. The summed E-state index contributed by atoms with van der Waals surface area (Å²) in [5.41, 5.74) is -3.99. The third kappa shape index (κ3) is 6.71. The van der Waals surface area contributed by atoms with Gasteiger partial charge in [-0.3, -0.25) is 4.79 Å². The molecule has 10 nitrogen and oxygen atoms in total.